The highest BCUT2D eigenvalue weighted by Crippen LogP contribution is 2.30. The molecule has 27 heavy (non-hydrogen) atoms. The molecule has 0 saturated heterocycles. The van der Waals surface area contributed by atoms with Crippen molar-refractivity contribution >= 4 is 17.1 Å². The average molecular weight is 376 g/mol. The van der Waals surface area contributed by atoms with Gasteiger partial charge in [-0.05, 0) is 48.2 Å². The molecular formula is C20H19F3N2O2. The quantitative estimate of drug-likeness (QED) is 0.594. The molecule has 1 saturated carbocycles. The van der Waals surface area contributed by atoms with E-state index in [1.165, 1.54) is 31.4 Å². The third-order valence-corrected chi connectivity index (χ3v) is 4.74. The highest BCUT2D eigenvalue weighted by molar-refractivity contribution is 5.81. The Balaban J connectivity index is 1.52. The van der Waals surface area contributed by atoms with Crippen LogP contribution in [-0.4, -0.2) is 17.4 Å². The maximum absolute atomic E-state index is 12.3. The first-order valence-corrected chi connectivity index (χ1v) is 9.00. The second-order valence-corrected chi connectivity index (χ2v) is 6.75. The number of rotatable bonds is 4. The molecule has 1 aromatic heterocycles. The van der Waals surface area contributed by atoms with Crippen LogP contribution in [0, 0.1) is 0 Å². The number of benzene rings is 2. The predicted molar refractivity (Wildman–Crippen MR) is 96.6 cm³/mol. The Kier molecular flexibility index (Phi) is 4.68. The molecule has 2 aromatic carbocycles. The van der Waals surface area contributed by atoms with E-state index >= 15 is 0 Å². The van der Waals surface area contributed by atoms with E-state index in [2.05, 4.69) is 15.0 Å². The molecule has 4 nitrogen and oxygen atoms in total. The zero-order valence-corrected chi connectivity index (χ0v) is 14.6. The van der Waals surface area contributed by atoms with Gasteiger partial charge < -0.3 is 14.5 Å². The van der Waals surface area contributed by atoms with Gasteiger partial charge in [0.2, 0.25) is 0 Å². The van der Waals surface area contributed by atoms with Gasteiger partial charge in [0.05, 0.1) is 0 Å². The predicted octanol–water partition coefficient (Wildman–Crippen LogP) is 6.14. The van der Waals surface area contributed by atoms with Crippen molar-refractivity contribution < 1.29 is 22.3 Å². The Labute approximate surface area is 154 Å². The maximum atomic E-state index is 12.3. The van der Waals surface area contributed by atoms with Crippen molar-refractivity contribution in [3.63, 3.8) is 0 Å². The topological polar surface area (TPSA) is 47.3 Å². The summed E-state index contributed by atoms with van der Waals surface area (Å²) in [5.41, 5.74) is 3.00. The molecule has 0 amide bonds. The van der Waals surface area contributed by atoms with E-state index in [-0.39, 0.29) is 5.75 Å². The summed E-state index contributed by atoms with van der Waals surface area (Å²) in [6.45, 7) is 0. The molecule has 0 unspecified atom stereocenters. The largest absolute Gasteiger partial charge is 0.573 e. The summed E-state index contributed by atoms with van der Waals surface area (Å²) in [5.74, 6) is -0.243. The van der Waals surface area contributed by atoms with Crippen LogP contribution in [0.4, 0.5) is 19.2 Å². The van der Waals surface area contributed by atoms with E-state index in [0.717, 1.165) is 24.0 Å². The van der Waals surface area contributed by atoms with Gasteiger partial charge in [0, 0.05) is 6.04 Å². The van der Waals surface area contributed by atoms with E-state index in [1.807, 2.05) is 18.2 Å². The Morgan fingerprint density at radius 3 is 2.37 bits per heavy atom. The van der Waals surface area contributed by atoms with Crippen LogP contribution in [0.2, 0.25) is 0 Å². The first kappa shape index (κ1) is 17.7. The fourth-order valence-corrected chi connectivity index (χ4v) is 3.44. The molecule has 1 heterocycles. The number of ether oxygens (including phenoxy) is 1. The number of halogens is 3. The van der Waals surface area contributed by atoms with Gasteiger partial charge in [-0.15, -0.1) is 13.2 Å². The van der Waals surface area contributed by atoms with Crippen molar-refractivity contribution in [1.82, 2.24) is 4.98 Å². The van der Waals surface area contributed by atoms with Crippen molar-refractivity contribution in [2.45, 2.75) is 44.5 Å². The molecule has 1 aliphatic carbocycles. The van der Waals surface area contributed by atoms with Gasteiger partial charge in [0.1, 0.15) is 11.3 Å². The van der Waals surface area contributed by atoms with Crippen LogP contribution in [0.3, 0.4) is 0 Å². The van der Waals surface area contributed by atoms with Crippen LogP contribution in [0.25, 0.3) is 22.2 Å². The van der Waals surface area contributed by atoms with Crippen LogP contribution in [0.15, 0.2) is 46.9 Å². The number of hydrogen-bond donors (Lipinski definition) is 1. The number of nitrogens with zero attached hydrogens (tertiary/aromatic N) is 1. The van der Waals surface area contributed by atoms with Crippen molar-refractivity contribution in [2.24, 2.45) is 0 Å². The van der Waals surface area contributed by atoms with Gasteiger partial charge in [-0.1, -0.05) is 37.5 Å². The first-order chi connectivity index (χ1) is 13.0. The minimum Gasteiger partial charge on any atom is -0.424 e. The lowest BCUT2D eigenvalue weighted by atomic mass is 9.96. The number of oxazole rings is 1. The SMILES string of the molecule is FC(F)(F)Oc1ccc(-c2ccc3oc(NC4CCCCC4)nc3c2)cc1. The molecule has 0 spiro atoms. The number of nitrogens with one attached hydrogen (secondary N) is 1. The van der Waals surface area contributed by atoms with Crippen molar-refractivity contribution in [1.29, 1.82) is 0 Å². The van der Waals surface area contributed by atoms with Crippen LogP contribution in [0.1, 0.15) is 32.1 Å². The molecule has 0 bridgehead atoms. The van der Waals surface area contributed by atoms with Gasteiger partial charge >= 0.3 is 6.36 Å². The van der Waals surface area contributed by atoms with E-state index in [4.69, 9.17) is 4.42 Å². The third-order valence-electron chi connectivity index (χ3n) is 4.74. The van der Waals surface area contributed by atoms with Gasteiger partial charge in [0.25, 0.3) is 6.01 Å². The first-order valence-electron chi connectivity index (χ1n) is 9.00. The molecule has 7 heteroatoms. The number of alkyl halides is 3. The van der Waals surface area contributed by atoms with Gasteiger partial charge in [-0.25, -0.2) is 0 Å². The second kappa shape index (κ2) is 7.13. The molecule has 4 rings (SSSR count). The molecule has 1 fully saturated rings. The fourth-order valence-electron chi connectivity index (χ4n) is 3.44. The molecule has 1 aliphatic rings. The molecule has 0 aliphatic heterocycles. The van der Waals surface area contributed by atoms with Crippen molar-refractivity contribution in [2.75, 3.05) is 5.32 Å². The summed E-state index contributed by atoms with van der Waals surface area (Å²) < 4.78 is 46.5. The van der Waals surface area contributed by atoms with Crippen molar-refractivity contribution in [3.8, 4) is 16.9 Å². The molecule has 3 aromatic rings. The third kappa shape index (κ3) is 4.35. The maximum Gasteiger partial charge on any atom is 0.573 e. The number of fused-ring (bicyclic) bond motifs is 1. The standard InChI is InChI=1S/C20H19F3N2O2/c21-20(22,23)27-16-9-6-13(7-10-16)14-8-11-18-17(12-14)25-19(26-18)24-15-4-2-1-3-5-15/h6-12,15H,1-5H2,(H,24,25). The van der Waals surface area contributed by atoms with Gasteiger partial charge in [-0.2, -0.15) is 4.98 Å². The Morgan fingerprint density at radius 2 is 1.67 bits per heavy atom. The van der Waals surface area contributed by atoms with E-state index in [1.54, 1.807) is 12.1 Å². The summed E-state index contributed by atoms with van der Waals surface area (Å²) in [7, 11) is 0. The Hall–Kier alpha value is -2.70. The minimum atomic E-state index is -4.69. The fraction of sp³-hybridized carbons (Fsp3) is 0.350. The molecule has 142 valence electrons. The Morgan fingerprint density at radius 1 is 0.963 bits per heavy atom. The smallest absolute Gasteiger partial charge is 0.424 e. The van der Waals surface area contributed by atoms with E-state index < -0.39 is 6.36 Å². The summed E-state index contributed by atoms with van der Waals surface area (Å²) >= 11 is 0. The molecular weight excluding hydrogens is 357 g/mol. The normalized spacial score (nSPS) is 15.8. The van der Waals surface area contributed by atoms with Gasteiger partial charge in [0.15, 0.2) is 5.58 Å². The zero-order chi connectivity index (χ0) is 18.9. The minimum absolute atomic E-state index is 0.243. The Bertz CT molecular complexity index is 913. The lowest BCUT2D eigenvalue weighted by molar-refractivity contribution is -0.274. The van der Waals surface area contributed by atoms with E-state index in [0.29, 0.717) is 23.2 Å². The second-order valence-electron chi connectivity index (χ2n) is 6.75. The summed E-state index contributed by atoms with van der Waals surface area (Å²) in [6.07, 6.45) is 1.27. The molecule has 0 radical (unpaired) electrons. The lowest BCUT2D eigenvalue weighted by Crippen LogP contribution is -2.22. The summed E-state index contributed by atoms with van der Waals surface area (Å²) in [6, 6.07) is 12.2. The number of aromatic nitrogens is 1. The summed E-state index contributed by atoms with van der Waals surface area (Å²) in [5, 5.41) is 3.36. The molecule has 1 N–H and O–H groups in total. The summed E-state index contributed by atoms with van der Waals surface area (Å²) in [4.78, 5) is 4.51. The highest BCUT2D eigenvalue weighted by atomic mass is 19.4. The average Bonchev–Trinajstić information content (AvgIpc) is 3.03. The van der Waals surface area contributed by atoms with Crippen molar-refractivity contribution in [3.05, 3.63) is 42.5 Å². The zero-order valence-electron chi connectivity index (χ0n) is 14.6. The number of hydrogen-bond acceptors (Lipinski definition) is 4. The van der Waals surface area contributed by atoms with Crippen LogP contribution in [-0.2, 0) is 0 Å². The van der Waals surface area contributed by atoms with Crippen LogP contribution < -0.4 is 10.1 Å². The van der Waals surface area contributed by atoms with E-state index in [9.17, 15) is 13.2 Å². The van der Waals surface area contributed by atoms with Crippen LogP contribution in [0.5, 0.6) is 5.75 Å². The van der Waals surface area contributed by atoms with Crippen LogP contribution >= 0.6 is 0 Å². The monoisotopic (exact) mass is 376 g/mol. The van der Waals surface area contributed by atoms with Gasteiger partial charge in [-0.3, -0.25) is 0 Å². The molecule has 0 atom stereocenters. The lowest BCUT2D eigenvalue weighted by Gasteiger charge is -2.21. The number of anilines is 1. The highest BCUT2D eigenvalue weighted by Gasteiger charge is 2.31.